The number of fused-ring (bicyclic) bond motifs is 1. The van der Waals surface area contributed by atoms with Crippen LogP contribution >= 0.6 is 0 Å². The van der Waals surface area contributed by atoms with Crippen molar-refractivity contribution in [1.29, 1.82) is 10.5 Å². The van der Waals surface area contributed by atoms with Crippen molar-refractivity contribution in [3.8, 4) is 23.6 Å². The highest BCUT2D eigenvalue weighted by molar-refractivity contribution is 5.92. The van der Waals surface area contributed by atoms with Crippen molar-refractivity contribution in [3.63, 3.8) is 0 Å². The molecule has 0 amide bonds. The van der Waals surface area contributed by atoms with Gasteiger partial charge in [-0.2, -0.15) is 14.9 Å². The molecule has 0 aliphatic heterocycles. The Balaban J connectivity index is 1.44. The van der Waals surface area contributed by atoms with Gasteiger partial charge < -0.3 is 23.8 Å². The van der Waals surface area contributed by atoms with Gasteiger partial charge in [-0.1, -0.05) is 0 Å². The summed E-state index contributed by atoms with van der Waals surface area (Å²) in [6.07, 6.45) is 5.80. The van der Waals surface area contributed by atoms with E-state index in [9.17, 15) is 19.7 Å². The number of aromatic nitrogens is 2. The molecule has 0 spiro atoms. The highest BCUT2D eigenvalue weighted by Crippen LogP contribution is 2.40. The highest BCUT2D eigenvalue weighted by Gasteiger charge is 2.34. The van der Waals surface area contributed by atoms with Gasteiger partial charge in [-0.05, 0) is 56.6 Å². The number of hydrogen-bond acceptors (Lipinski definition) is 8. The van der Waals surface area contributed by atoms with E-state index < -0.39 is 5.82 Å². The van der Waals surface area contributed by atoms with E-state index in [0.29, 0.717) is 22.6 Å². The fraction of sp³-hybridized carbons (Fsp3) is 0.467. The van der Waals surface area contributed by atoms with Crippen LogP contribution < -0.4 is 24.8 Å². The summed E-state index contributed by atoms with van der Waals surface area (Å²) in [5, 5.41) is 19.4. The average Bonchev–Trinajstić information content (AvgIpc) is 3.81. The minimum absolute atomic E-state index is 0.0306. The number of nitriles is 2. The van der Waals surface area contributed by atoms with Gasteiger partial charge in [0, 0.05) is 50.5 Å². The van der Waals surface area contributed by atoms with E-state index >= 15 is 0 Å². The van der Waals surface area contributed by atoms with Crippen LogP contribution in [0.15, 0.2) is 29.1 Å². The monoisotopic (exact) mass is 544 g/mol. The molecule has 0 saturated heterocycles. The van der Waals surface area contributed by atoms with Gasteiger partial charge in [-0.25, -0.2) is 4.98 Å². The molecule has 1 aromatic carbocycles. The van der Waals surface area contributed by atoms with Gasteiger partial charge in [-0.15, -0.1) is 0 Å². The largest absolute Gasteiger partial charge is 0.493 e. The highest BCUT2D eigenvalue weighted by atomic mass is 19.1. The number of anilines is 2. The van der Waals surface area contributed by atoms with Gasteiger partial charge in [-0.3, -0.25) is 4.79 Å². The minimum Gasteiger partial charge on any atom is -0.493 e. The minimum atomic E-state index is -0.506. The summed E-state index contributed by atoms with van der Waals surface area (Å²) >= 11 is 0. The predicted molar refractivity (Wildman–Crippen MR) is 150 cm³/mol. The molecule has 0 atom stereocenters. The standard InChI is InChI=1S/C30H33FN6O3/c1-35(29-23(16-33)30(38)36(2)24-12-7-19(15-32)34-28(24)29)20-8-10-21(11-9-20)37(17-18-5-6-18)22-13-25(39-3)27(31)26(14-22)40-4/h7,12-14,18,20-21H,5-6,8-11,17H2,1-4H3. The van der Waals surface area contributed by atoms with Gasteiger partial charge in [0.15, 0.2) is 11.5 Å². The van der Waals surface area contributed by atoms with Crippen molar-refractivity contribution in [3.05, 3.63) is 51.7 Å². The van der Waals surface area contributed by atoms with Crippen LogP contribution in [-0.4, -0.2) is 49.4 Å². The van der Waals surface area contributed by atoms with E-state index in [4.69, 9.17) is 9.47 Å². The van der Waals surface area contributed by atoms with Gasteiger partial charge in [0.1, 0.15) is 28.9 Å². The zero-order valence-electron chi connectivity index (χ0n) is 23.3. The lowest BCUT2D eigenvalue weighted by Gasteiger charge is -2.42. The van der Waals surface area contributed by atoms with Crippen LogP contribution in [0.4, 0.5) is 15.8 Å². The molecule has 10 heteroatoms. The van der Waals surface area contributed by atoms with E-state index in [2.05, 4.69) is 22.0 Å². The predicted octanol–water partition coefficient (Wildman–Crippen LogP) is 4.50. The lowest BCUT2D eigenvalue weighted by atomic mass is 9.88. The molecule has 2 heterocycles. The third-order valence-electron chi connectivity index (χ3n) is 8.36. The van der Waals surface area contributed by atoms with E-state index in [1.807, 2.05) is 11.9 Å². The molecular weight excluding hydrogens is 511 g/mol. The Labute approximate surface area is 233 Å². The van der Waals surface area contributed by atoms with Crippen LogP contribution in [0.5, 0.6) is 11.5 Å². The van der Waals surface area contributed by atoms with E-state index in [1.54, 1.807) is 31.3 Å². The summed E-state index contributed by atoms with van der Waals surface area (Å²) in [6.45, 7) is 0.891. The number of methoxy groups -OCH3 is 2. The number of ether oxygens (including phenoxy) is 2. The first-order chi connectivity index (χ1) is 19.3. The molecule has 2 aliphatic carbocycles. The number of pyridine rings is 2. The lowest BCUT2D eigenvalue weighted by Crippen LogP contribution is -2.44. The molecule has 5 rings (SSSR count). The molecule has 208 valence electrons. The van der Waals surface area contributed by atoms with E-state index in [1.165, 1.54) is 31.6 Å². The maximum atomic E-state index is 14.7. The third-order valence-corrected chi connectivity index (χ3v) is 8.36. The summed E-state index contributed by atoms with van der Waals surface area (Å²) in [7, 11) is 6.43. The fourth-order valence-electron chi connectivity index (χ4n) is 5.90. The number of hydrogen-bond donors (Lipinski definition) is 0. The summed E-state index contributed by atoms with van der Waals surface area (Å²) < 4.78 is 26.7. The molecule has 2 saturated carbocycles. The average molecular weight is 545 g/mol. The summed E-state index contributed by atoms with van der Waals surface area (Å²) in [5.41, 5.74) is 2.29. The smallest absolute Gasteiger partial charge is 0.270 e. The topological polar surface area (TPSA) is 107 Å². The van der Waals surface area contributed by atoms with Crippen LogP contribution in [0.3, 0.4) is 0 Å². The van der Waals surface area contributed by atoms with Crippen molar-refractivity contribution < 1.29 is 13.9 Å². The molecule has 40 heavy (non-hydrogen) atoms. The first kappa shape index (κ1) is 27.3. The van der Waals surface area contributed by atoms with Crippen LogP contribution in [0.25, 0.3) is 11.0 Å². The molecule has 2 fully saturated rings. The van der Waals surface area contributed by atoms with Crippen molar-refractivity contribution in [2.45, 2.75) is 50.6 Å². The van der Waals surface area contributed by atoms with Crippen molar-refractivity contribution in [1.82, 2.24) is 9.55 Å². The Morgan fingerprint density at radius 1 is 1.02 bits per heavy atom. The molecule has 2 aliphatic rings. The Bertz CT molecular complexity index is 1550. The molecule has 0 radical (unpaired) electrons. The Kier molecular flexibility index (Phi) is 7.53. The van der Waals surface area contributed by atoms with Gasteiger partial charge in [0.25, 0.3) is 5.56 Å². The Morgan fingerprint density at radius 3 is 2.20 bits per heavy atom. The molecule has 9 nitrogen and oxygen atoms in total. The fourth-order valence-corrected chi connectivity index (χ4v) is 5.90. The SMILES string of the molecule is COc1cc(N(CC2CC2)C2CCC(N(C)c3c(C#N)c(=O)n(C)c4ccc(C#N)nc34)CC2)cc(OC)c1F. The molecule has 0 N–H and O–H groups in total. The first-order valence-corrected chi connectivity index (χ1v) is 13.6. The summed E-state index contributed by atoms with van der Waals surface area (Å²) in [6, 6.07) is 11.3. The van der Waals surface area contributed by atoms with Crippen LogP contribution in [0.2, 0.25) is 0 Å². The van der Waals surface area contributed by atoms with E-state index in [0.717, 1.165) is 37.9 Å². The zero-order chi connectivity index (χ0) is 28.6. The van der Waals surface area contributed by atoms with Crippen LogP contribution in [0.1, 0.15) is 49.8 Å². The molecular formula is C30H33FN6O3. The van der Waals surface area contributed by atoms with Crippen molar-refractivity contribution in [2.75, 3.05) is 37.6 Å². The Hall–Kier alpha value is -4.31. The molecule has 0 unspecified atom stereocenters. The Morgan fingerprint density at radius 2 is 1.65 bits per heavy atom. The quantitative estimate of drug-likeness (QED) is 0.408. The van der Waals surface area contributed by atoms with Crippen LogP contribution in [-0.2, 0) is 7.05 Å². The summed E-state index contributed by atoms with van der Waals surface area (Å²) in [4.78, 5) is 22.0. The van der Waals surface area contributed by atoms with Gasteiger partial charge in [0.05, 0.1) is 25.4 Å². The molecule has 3 aromatic rings. The number of aryl methyl sites for hydroxylation is 1. The normalized spacial score (nSPS) is 18.6. The first-order valence-electron chi connectivity index (χ1n) is 13.6. The molecule has 0 bridgehead atoms. The lowest BCUT2D eigenvalue weighted by molar-refractivity contribution is 0.347. The third kappa shape index (κ3) is 4.90. The second-order valence-corrected chi connectivity index (χ2v) is 10.7. The van der Waals surface area contributed by atoms with Crippen LogP contribution in [0, 0.1) is 34.4 Å². The van der Waals surface area contributed by atoms with E-state index in [-0.39, 0.29) is 40.4 Å². The van der Waals surface area contributed by atoms with Gasteiger partial charge >= 0.3 is 0 Å². The summed E-state index contributed by atoms with van der Waals surface area (Å²) in [5.74, 6) is 0.435. The number of benzene rings is 1. The van der Waals surface area contributed by atoms with Gasteiger partial charge in [0.2, 0.25) is 5.82 Å². The number of nitrogens with zero attached hydrogens (tertiary/aromatic N) is 6. The second-order valence-electron chi connectivity index (χ2n) is 10.7. The number of rotatable bonds is 8. The maximum Gasteiger partial charge on any atom is 0.270 e. The zero-order valence-corrected chi connectivity index (χ0v) is 23.3. The van der Waals surface area contributed by atoms with Crippen molar-refractivity contribution in [2.24, 2.45) is 13.0 Å². The van der Waals surface area contributed by atoms with Crippen molar-refractivity contribution >= 4 is 22.4 Å². The maximum absolute atomic E-state index is 14.7. The number of halogens is 1. The second kappa shape index (κ2) is 11.1. The molecule has 2 aromatic heterocycles.